The van der Waals surface area contributed by atoms with E-state index in [1.54, 1.807) is 31.2 Å². The molecule has 1 aromatic heterocycles. The van der Waals surface area contributed by atoms with Crippen molar-refractivity contribution in [3.8, 4) is 34.0 Å². The summed E-state index contributed by atoms with van der Waals surface area (Å²) in [5, 5.41) is 0. The lowest BCUT2D eigenvalue weighted by Crippen LogP contribution is -2.05. The Morgan fingerprint density at radius 3 is 2.29 bits per heavy atom. The predicted octanol–water partition coefficient (Wildman–Crippen LogP) is 5.71. The zero-order valence-corrected chi connectivity index (χ0v) is 20.1. The van der Waals surface area contributed by atoms with Crippen LogP contribution in [0.1, 0.15) is 18.9 Å². The number of halogens is 1. The van der Waals surface area contributed by atoms with E-state index in [4.69, 9.17) is 14.1 Å². The average Bonchev–Trinajstić information content (AvgIpc) is 3.28. The molecule has 0 atom stereocenters. The Morgan fingerprint density at radius 1 is 0.971 bits per heavy atom. The number of sulfone groups is 1. The van der Waals surface area contributed by atoms with Crippen molar-refractivity contribution >= 4 is 15.8 Å². The van der Waals surface area contributed by atoms with Gasteiger partial charge in [0.15, 0.2) is 15.6 Å². The van der Waals surface area contributed by atoms with Gasteiger partial charge in [-0.05, 0) is 73.5 Å². The van der Waals surface area contributed by atoms with Gasteiger partial charge in [-0.3, -0.25) is 4.79 Å². The van der Waals surface area contributed by atoms with E-state index in [9.17, 15) is 17.6 Å². The Morgan fingerprint density at radius 2 is 1.63 bits per heavy atom. The van der Waals surface area contributed by atoms with Gasteiger partial charge in [-0.15, -0.1) is 0 Å². The van der Waals surface area contributed by atoms with Crippen molar-refractivity contribution in [2.75, 3.05) is 12.9 Å². The second kappa shape index (κ2) is 10.2. The summed E-state index contributed by atoms with van der Waals surface area (Å²) in [6, 6.07) is 19.7. The monoisotopic (exact) mass is 493 g/mol. The largest absolute Gasteiger partial charge is 0.466 e. The second-order valence-corrected chi connectivity index (χ2v) is 9.98. The maximum Gasteiger partial charge on any atom is 0.306 e. The third kappa shape index (κ3) is 5.66. The van der Waals surface area contributed by atoms with E-state index in [1.165, 1.54) is 24.3 Å². The van der Waals surface area contributed by atoms with Crippen LogP contribution >= 0.6 is 0 Å². The summed E-state index contributed by atoms with van der Waals surface area (Å²) in [6.07, 6.45) is 1.81. The highest BCUT2D eigenvalue weighted by molar-refractivity contribution is 7.90. The smallest absolute Gasteiger partial charge is 0.306 e. The number of aromatic nitrogens is 1. The van der Waals surface area contributed by atoms with Gasteiger partial charge in [-0.1, -0.05) is 18.2 Å². The molecule has 1 heterocycles. The summed E-state index contributed by atoms with van der Waals surface area (Å²) in [4.78, 5) is 16.8. The minimum Gasteiger partial charge on any atom is -0.466 e. The Labute approximate surface area is 203 Å². The number of aryl methyl sites for hydroxylation is 1. The SMILES string of the molecule is CCOC(=O)CCc1ccccc1-c1nc(-c2ccc(F)cc2)c(-c2ccc(S(C)(=O)=O)cc2)o1. The third-order valence-corrected chi connectivity index (χ3v) is 6.57. The number of benzene rings is 3. The van der Waals surface area contributed by atoms with E-state index in [2.05, 4.69) is 0 Å². The fourth-order valence-corrected chi connectivity index (χ4v) is 4.34. The summed E-state index contributed by atoms with van der Waals surface area (Å²) in [5.41, 5.74) is 3.35. The van der Waals surface area contributed by atoms with Gasteiger partial charge in [0.25, 0.3) is 0 Å². The van der Waals surface area contributed by atoms with Crippen LogP contribution < -0.4 is 0 Å². The first kappa shape index (κ1) is 24.3. The third-order valence-electron chi connectivity index (χ3n) is 5.44. The molecule has 3 aromatic carbocycles. The van der Waals surface area contributed by atoms with Crippen molar-refractivity contribution in [3.63, 3.8) is 0 Å². The van der Waals surface area contributed by atoms with E-state index in [0.717, 1.165) is 17.4 Å². The number of carbonyl (C=O) groups is 1. The lowest BCUT2D eigenvalue weighted by atomic mass is 10.0. The van der Waals surface area contributed by atoms with Crippen molar-refractivity contribution in [1.29, 1.82) is 0 Å². The first-order valence-electron chi connectivity index (χ1n) is 11.1. The lowest BCUT2D eigenvalue weighted by Gasteiger charge is -2.06. The molecule has 180 valence electrons. The van der Waals surface area contributed by atoms with Gasteiger partial charge in [-0.2, -0.15) is 0 Å². The molecule has 0 N–H and O–H groups in total. The van der Waals surface area contributed by atoms with Crippen molar-refractivity contribution in [3.05, 3.63) is 84.2 Å². The molecule has 4 aromatic rings. The van der Waals surface area contributed by atoms with Crippen LogP contribution in [0.25, 0.3) is 34.0 Å². The normalized spacial score (nSPS) is 11.4. The van der Waals surface area contributed by atoms with Crippen LogP contribution in [0.5, 0.6) is 0 Å². The number of rotatable bonds is 8. The van der Waals surface area contributed by atoms with Crippen LogP contribution in [-0.2, 0) is 25.8 Å². The van der Waals surface area contributed by atoms with Crippen LogP contribution in [0.2, 0.25) is 0 Å². The van der Waals surface area contributed by atoms with Crippen LogP contribution in [0, 0.1) is 5.82 Å². The molecule has 0 bridgehead atoms. The van der Waals surface area contributed by atoms with Crippen LogP contribution in [0.3, 0.4) is 0 Å². The molecule has 35 heavy (non-hydrogen) atoms. The zero-order chi connectivity index (χ0) is 25.0. The van der Waals surface area contributed by atoms with Crippen molar-refractivity contribution in [1.82, 2.24) is 4.98 Å². The minimum absolute atomic E-state index is 0.189. The molecule has 0 aliphatic heterocycles. The summed E-state index contributed by atoms with van der Waals surface area (Å²) in [5.74, 6) is 0.104. The van der Waals surface area contributed by atoms with Crippen molar-refractivity contribution in [2.24, 2.45) is 0 Å². The molecule has 0 fully saturated rings. The number of esters is 1. The fraction of sp³-hybridized carbons (Fsp3) is 0.185. The van der Waals surface area contributed by atoms with Gasteiger partial charge in [0, 0.05) is 29.4 Å². The fourth-order valence-electron chi connectivity index (χ4n) is 3.70. The molecule has 0 saturated heterocycles. The molecule has 8 heteroatoms. The zero-order valence-electron chi connectivity index (χ0n) is 19.3. The average molecular weight is 494 g/mol. The molecule has 0 aliphatic rings. The topological polar surface area (TPSA) is 86.5 Å². The summed E-state index contributed by atoms with van der Waals surface area (Å²) in [7, 11) is -3.36. The van der Waals surface area contributed by atoms with Gasteiger partial charge in [0.1, 0.15) is 11.5 Å². The first-order chi connectivity index (χ1) is 16.8. The Hall–Kier alpha value is -3.78. The number of oxazole rings is 1. The molecule has 0 saturated carbocycles. The Kier molecular flexibility index (Phi) is 7.12. The van der Waals surface area contributed by atoms with Gasteiger partial charge >= 0.3 is 5.97 Å². The van der Waals surface area contributed by atoms with Gasteiger partial charge < -0.3 is 9.15 Å². The van der Waals surface area contributed by atoms with Crippen LogP contribution in [0.4, 0.5) is 4.39 Å². The quantitative estimate of drug-likeness (QED) is 0.292. The highest BCUT2D eigenvalue weighted by Gasteiger charge is 2.21. The van der Waals surface area contributed by atoms with E-state index in [1.807, 2.05) is 24.3 Å². The van der Waals surface area contributed by atoms with Crippen molar-refractivity contribution < 1.29 is 26.8 Å². The molecule has 4 rings (SSSR count). The number of carbonyl (C=O) groups excluding carboxylic acids is 1. The Bertz CT molecular complexity index is 1440. The predicted molar refractivity (Wildman–Crippen MR) is 131 cm³/mol. The van der Waals surface area contributed by atoms with E-state index in [-0.39, 0.29) is 23.1 Å². The molecule has 0 spiro atoms. The summed E-state index contributed by atoms with van der Waals surface area (Å²) < 4.78 is 48.6. The molecule has 0 aliphatic carbocycles. The minimum atomic E-state index is -3.36. The maximum atomic E-state index is 13.6. The van der Waals surface area contributed by atoms with E-state index >= 15 is 0 Å². The van der Waals surface area contributed by atoms with E-state index < -0.39 is 9.84 Å². The standard InChI is InChI=1S/C27H24FNO5S/c1-3-33-24(30)17-12-18-6-4-5-7-23(18)27-29-25(19-8-13-21(28)14-9-19)26(34-27)20-10-15-22(16-11-20)35(2,31)32/h4-11,13-16H,3,12,17H2,1-2H3. The Balaban J connectivity index is 1.79. The maximum absolute atomic E-state index is 13.6. The molecule has 6 nitrogen and oxygen atoms in total. The number of nitrogens with zero attached hydrogens (tertiary/aromatic N) is 1. The molecule has 0 amide bonds. The molecule has 0 radical (unpaired) electrons. The molecule has 0 unspecified atom stereocenters. The number of hydrogen-bond donors (Lipinski definition) is 0. The second-order valence-electron chi connectivity index (χ2n) is 7.96. The highest BCUT2D eigenvalue weighted by atomic mass is 32.2. The molecular formula is C27H24FNO5S. The van der Waals surface area contributed by atoms with Gasteiger partial charge in [0.2, 0.25) is 5.89 Å². The van der Waals surface area contributed by atoms with Crippen molar-refractivity contribution in [2.45, 2.75) is 24.7 Å². The van der Waals surface area contributed by atoms with Crippen LogP contribution in [-0.4, -0.2) is 32.2 Å². The van der Waals surface area contributed by atoms with Gasteiger partial charge in [0.05, 0.1) is 11.5 Å². The first-order valence-corrected chi connectivity index (χ1v) is 13.0. The van der Waals surface area contributed by atoms with Crippen LogP contribution in [0.15, 0.2) is 82.1 Å². The molecular weight excluding hydrogens is 469 g/mol. The number of ether oxygens (including phenoxy) is 1. The van der Waals surface area contributed by atoms with E-state index in [0.29, 0.717) is 41.5 Å². The van der Waals surface area contributed by atoms with Gasteiger partial charge in [-0.25, -0.2) is 17.8 Å². The number of hydrogen-bond acceptors (Lipinski definition) is 6. The summed E-state index contributed by atoms with van der Waals surface area (Å²) >= 11 is 0. The lowest BCUT2D eigenvalue weighted by molar-refractivity contribution is -0.143. The highest BCUT2D eigenvalue weighted by Crippen LogP contribution is 2.37. The summed E-state index contributed by atoms with van der Waals surface area (Å²) in [6.45, 7) is 2.09.